The molecule has 20 heavy (non-hydrogen) atoms. The van der Waals surface area contributed by atoms with Crippen molar-refractivity contribution in [3.8, 4) is 0 Å². The molecular formula is C18H22FN. The number of aryl methyl sites for hydroxylation is 1. The van der Waals surface area contributed by atoms with Crippen molar-refractivity contribution < 1.29 is 4.39 Å². The highest BCUT2D eigenvalue weighted by Crippen LogP contribution is 2.09. The quantitative estimate of drug-likeness (QED) is 0.751. The third-order valence-electron chi connectivity index (χ3n) is 3.46. The van der Waals surface area contributed by atoms with Crippen LogP contribution in [0.15, 0.2) is 54.6 Å². The topological polar surface area (TPSA) is 12.0 Å². The Bertz CT molecular complexity index is 510. The molecule has 2 aromatic rings. The minimum Gasteiger partial charge on any atom is -0.314 e. The van der Waals surface area contributed by atoms with Crippen molar-refractivity contribution in [1.29, 1.82) is 0 Å². The van der Waals surface area contributed by atoms with Gasteiger partial charge < -0.3 is 5.32 Å². The molecule has 2 heteroatoms. The minimum absolute atomic E-state index is 0.106. The SMILES string of the molecule is CC(Cc1ccccc1F)NCCCc1ccccc1. The van der Waals surface area contributed by atoms with Crippen molar-refractivity contribution in [1.82, 2.24) is 5.32 Å². The molecule has 0 saturated heterocycles. The summed E-state index contributed by atoms with van der Waals surface area (Å²) in [6.45, 7) is 3.07. The van der Waals surface area contributed by atoms with Gasteiger partial charge in [-0.1, -0.05) is 48.5 Å². The molecule has 0 saturated carbocycles. The zero-order chi connectivity index (χ0) is 14.2. The van der Waals surface area contributed by atoms with Crippen molar-refractivity contribution in [2.45, 2.75) is 32.2 Å². The number of nitrogens with one attached hydrogen (secondary N) is 1. The second-order valence-corrected chi connectivity index (χ2v) is 5.24. The highest BCUT2D eigenvalue weighted by atomic mass is 19.1. The van der Waals surface area contributed by atoms with Crippen LogP contribution in [0.1, 0.15) is 24.5 Å². The van der Waals surface area contributed by atoms with E-state index in [-0.39, 0.29) is 5.82 Å². The fourth-order valence-electron chi connectivity index (χ4n) is 2.35. The Hall–Kier alpha value is -1.67. The van der Waals surface area contributed by atoms with Crippen LogP contribution in [-0.2, 0) is 12.8 Å². The maximum atomic E-state index is 13.5. The molecule has 1 nitrogen and oxygen atoms in total. The van der Waals surface area contributed by atoms with E-state index in [1.54, 1.807) is 6.07 Å². The Morgan fingerprint density at radius 3 is 2.45 bits per heavy atom. The Labute approximate surface area is 120 Å². The predicted octanol–water partition coefficient (Wildman–Crippen LogP) is 3.98. The molecular weight excluding hydrogens is 249 g/mol. The van der Waals surface area contributed by atoms with Gasteiger partial charge >= 0.3 is 0 Å². The van der Waals surface area contributed by atoms with Crippen LogP contribution in [0.5, 0.6) is 0 Å². The summed E-state index contributed by atoms with van der Waals surface area (Å²) in [5, 5.41) is 3.46. The van der Waals surface area contributed by atoms with Gasteiger partial charge in [-0.2, -0.15) is 0 Å². The van der Waals surface area contributed by atoms with Crippen LogP contribution in [0.2, 0.25) is 0 Å². The number of hydrogen-bond donors (Lipinski definition) is 1. The van der Waals surface area contributed by atoms with Gasteiger partial charge in [0.25, 0.3) is 0 Å². The lowest BCUT2D eigenvalue weighted by Gasteiger charge is -2.14. The van der Waals surface area contributed by atoms with Gasteiger partial charge in [-0.15, -0.1) is 0 Å². The Kier molecular flexibility index (Phi) is 5.75. The Balaban J connectivity index is 1.68. The predicted molar refractivity (Wildman–Crippen MR) is 82.3 cm³/mol. The molecule has 0 aliphatic rings. The maximum absolute atomic E-state index is 13.5. The van der Waals surface area contributed by atoms with Crippen LogP contribution < -0.4 is 5.32 Å². The van der Waals surface area contributed by atoms with Crippen molar-refractivity contribution in [3.63, 3.8) is 0 Å². The van der Waals surface area contributed by atoms with Gasteiger partial charge in [0.1, 0.15) is 5.82 Å². The first-order chi connectivity index (χ1) is 9.75. The van der Waals surface area contributed by atoms with E-state index in [0.717, 1.165) is 31.4 Å². The fraction of sp³-hybridized carbons (Fsp3) is 0.333. The van der Waals surface area contributed by atoms with E-state index in [1.807, 2.05) is 18.2 Å². The standard InChI is InChI=1S/C18H22FN/c1-15(14-17-11-5-6-12-18(17)19)20-13-7-10-16-8-3-2-4-9-16/h2-6,8-9,11-12,15,20H,7,10,13-14H2,1H3. The van der Waals surface area contributed by atoms with Crippen molar-refractivity contribution in [2.75, 3.05) is 6.54 Å². The summed E-state index contributed by atoms with van der Waals surface area (Å²) in [4.78, 5) is 0. The van der Waals surface area contributed by atoms with E-state index in [9.17, 15) is 4.39 Å². The molecule has 1 atom stereocenters. The van der Waals surface area contributed by atoms with E-state index >= 15 is 0 Å². The molecule has 0 heterocycles. The third kappa shape index (κ3) is 4.78. The minimum atomic E-state index is -0.106. The highest BCUT2D eigenvalue weighted by molar-refractivity contribution is 5.18. The van der Waals surface area contributed by atoms with Crippen molar-refractivity contribution in [3.05, 3.63) is 71.5 Å². The second kappa shape index (κ2) is 7.81. The molecule has 106 valence electrons. The lowest BCUT2D eigenvalue weighted by atomic mass is 10.1. The molecule has 2 rings (SSSR count). The Morgan fingerprint density at radius 2 is 1.70 bits per heavy atom. The summed E-state index contributed by atoms with van der Waals surface area (Å²) >= 11 is 0. The summed E-state index contributed by atoms with van der Waals surface area (Å²) in [5.74, 6) is -0.106. The highest BCUT2D eigenvalue weighted by Gasteiger charge is 2.06. The molecule has 0 aliphatic heterocycles. The molecule has 0 radical (unpaired) electrons. The van der Waals surface area contributed by atoms with Gasteiger partial charge in [-0.3, -0.25) is 0 Å². The normalized spacial score (nSPS) is 12.3. The first-order valence-electron chi connectivity index (χ1n) is 7.26. The summed E-state index contributed by atoms with van der Waals surface area (Å²) in [6, 6.07) is 17.8. The van der Waals surface area contributed by atoms with E-state index in [1.165, 1.54) is 11.6 Å². The summed E-state index contributed by atoms with van der Waals surface area (Å²) in [7, 11) is 0. The maximum Gasteiger partial charge on any atom is 0.126 e. The van der Waals surface area contributed by atoms with Crippen LogP contribution in [0.25, 0.3) is 0 Å². The molecule has 0 fully saturated rings. The molecule has 0 amide bonds. The van der Waals surface area contributed by atoms with Gasteiger partial charge in [-0.25, -0.2) is 4.39 Å². The molecule has 1 N–H and O–H groups in total. The van der Waals surface area contributed by atoms with E-state index in [4.69, 9.17) is 0 Å². The van der Waals surface area contributed by atoms with Crippen LogP contribution >= 0.6 is 0 Å². The number of hydrogen-bond acceptors (Lipinski definition) is 1. The summed E-state index contributed by atoms with van der Waals surface area (Å²) in [6.07, 6.45) is 2.92. The smallest absolute Gasteiger partial charge is 0.126 e. The fourth-order valence-corrected chi connectivity index (χ4v) is 2.35. The second-order valence-electron chi connectivity index (χ2n) is 5.24. The van der Waals surface area contributed by atoms with E-state index < -0.39 is 0 Å². The van der Waals surface area contributed by atoms with Gasteiger partial charge in [0, 0.05) is 6.04 Å². The van der Waals surface area contributed by atoms with Crippen LogP contribution in [-0.4, -0.2) is 12.6 Å². The van der Waals surface area contributed by atoms with Crippen LogP contribution in [0.3, 0.4) is 0 Å². The van der Waals surface area contributed by atoms with Crippen LogP contribution in [0, 0.1) is 5.82 Å². The molecule has 2 aromatic carbocycles. The molecule has 0 aromatic heterocycles. The van der Waals surface area contributed by atoms with Gasteiger partial charge in [-0.05, 0) is 49.9 Å². The monoisotopic (exact) mass is 271 g/mol. The lowest BCUT2D eigenvalue weighted by Crippen LogP contribution is -2.29. The number of rotatable bonds is 7. The van der Waals surface area contributed by atoms with Gasteiger partial charge in [0.2, 0.25) is 0 Å². The molecule has 0 spiro atoms. The Morgan fingerprint density at radius 1 is 1.00 bits per heavy atom. The van der Waals surface area contributed by atoms with Gasteiger partial charge in [0.05, 0.1) is 0 Å². The van der Waals surface area contributed by atoms with Crippen molar-refractivity contribution in [2.24, 2.45) is 0 Å². The van der Waals surface area contributed by atoms with E-state index in [0.29, 0.717) is 6.04 Å². The lowest BCUT2D eigenvalue weighted by molar-refractivity contribution is 0.518. The first-order valence-corrected chi connectivity index (χ1v) is 7.26. The first kappa shape index (κ1) is 14.7. The average Bonchev–Trinajstić information content (AvgIpc) is 2.47. The number of benzene rings is 2. The third-order valence-corrected chi connectivity index (χ3v) is 3.46. The molecule has 0 bridgehead atoms. The van der Waals surface area contributed by atoms with Crippen LogP contribution in [0.4, 0.5) is 4.39 Å². The molecule has 0 aliphatic carbocycles. The zero-order valence-electron chi connectivity index (χ0n) is 12.0. The summed E-state index contributed by atoms with van der Waals surface area (Å²) < 4.78 is 13.5. The number of halogens is 1. The van der Waals surface area contributed by atoms with Crippen molar-refractivity contribution >= 4 is 0 Å². The summed E-state index contributed by atoms with van der Waals surface area (Å²) in [5.41, 5.74) is 2.16. The van der Waals surface area contributed by atoms with Gasteiger partial charge in [0.15, 0.2) is 0 Å². The zero-order valence-corrected chi connectivity index (χ0v) is 12.0. The average molecular weight is 271 g/mol. The van der Waals surface area contributed by atoms with E-state index in [2.05, 4.69) is 36.5 Å². The largest absolute Gasteiger partial charge is 0.314 e. The molecule has 1 unspecified atom stereocenters.